The second kappa shape index (κ2) is 16.6. The molecule has 0 bridgehead atoms. The highest BCUT2D eigenvalue weighted by molar-refractivity contribution is 6.21. The van der Waals surface area contributed by atoms with Crippen molar-refractivity contribution in [2.24, 2.45) is 17.8 Å². The average molecular weight is 896 g/mol. The number of likely N-dealkylation sites (tertiary alicyclic amines) is 1. The first-order valence-electron chi connectivity index (χ1n) is 25.4. The van der Waals surface area contributed by atoms with Gasteiger partial charge in [-0.15, -0.1) is 0 Å². The van der Waals surface area contributed by atoms with E-state index in [1.165, 1.54) is 99.6 Å². The van der Waals surface area contributed by atoms with Crippen LogP contribution in [-0.4, -0.2) is 17.0 Å². The van der Waals surface area contributed by atoms with Crippen LogP contribution in [0.2, 0.25) is 0 Å². The number of allylic oxidation sites excluding steroid dienone is 12. The number of benzene rings is 8. The Morgan fingerprint density at radius 1 is 0.500 bits per heavy atom. The lowest BCUT2D eigenvalue weighted by atomic mass is 9.65. The summed E-state index contributed by atoms with van der Waals surface area (Å²) in [4.78, 5) is 2.78. The van der Waals surface area contributed by atoms with Gasteiger partial charge in [0.2, 0.25) is 0 Å². The highest BCUT2D eigenvalue weighted by Crippen LogP contribution is 2.59. The molecule has 8 aromatic carbocycles. The summed E-state index contributed by atoms with van der Waals surface area (Å²) >= 11 is 0. The highest BCUT2D eigenvalue weighted by Gasteiger charge is 2.51. The molecule has 1 fully saturated rings. The zero-order valence-corrected chi connectivity index (χ0v) is 39.2. The summed E-state index contributed by atoms with van der Waals surface area (Å²) in [6.07, 6.45) is 30.7. The first kappa shape index (κ1) is 41.0. The van der Waals surface area contributed by atoms with Crippen LogP contribution in [0.3, 0.4) is 0 Å². The van der Waals surface area contributed by atoms with Crippen LogP contribution < -0.4 is 0 Å². The maximum Gasteiger partial charge on any atom is 0.0710 e. The van der Waals surface area contributed by atoms with Crippen LogP contribution in [-0.2, 0) is 5.41 Å². The van der Waals surface area contributed by atoms with Gasteiger partial charge in [0.25, 0.3) is 0 Å². The zero-order valence-electron chi connectivity index (χ0n) is 39.2. The third-order valence-corrected chi connectivity index (χ3v) is 16.5. The maximum atomic E-state index is 2.78. The number of fused-ring (bicyclic) bond motifs is 8. The van der Waals surface area contributed by atoms with E-state index in [-0.39, 0.29) is 18.0 Å². The van der Waals surface area contributed by atoms with E-state index in [1.54, 1.807) is 0 Å². The van der Waals surface area contributed by atoms with Gasteiger partial charge < -0.3 is 4.90 Å². The van der Waals surface area contributed by atoms with Crippen molar-refractivity contribution >= 4 is 32.7 Å². The van der Waals surface area contributed by atoms with Crippen molar-refractivity contribution in [1.82, 2.24) is 4.90 Å². The van der Waals surface area contributed by atoms with Gasteiger partial charge in [0.15, 0.2) is 0 Å². The molecule has 1 heteroatoms. The molecule has 5 atom stereocenters. The fourth-order valence-corrected chi connectivity index (χ4v) is 13.5. The summed E-state index contributed by atoms with van der Waals surface area (Å²) in [5.41, 5.74) is 18.4. The number of hydrogen-bond donors (Lipinski definition) is 0. The van der Waals surface area contributed by atoms with Gasteiger partial charge in [-0.05, 0) is 125 Å². The van der Waals surface area contributed by atoms with Crippen LogP contribution >= 0.6 is 0 Å². The minimum atomic E-state index is -0.401. The molecule has 70 heavy (non-hydrogen) atoms. The molecule has 1 nitrogen and oxygen atoms in total. The van der Waals surface area contributed by atoms with E-state index in [1.807, 2.05) is 0 Å². The van der Waals surface area contributed by atoms with Gasteiger partial charge in [-0.3, -0.25) is 0 Å². The number of rotatable bonds is 7. The van der Waals surface area contributed by atoms with Gasteiger partial charge >= 0.3 is 0 Å². The van der Waals surface area contributed by atoms with Gasteiger partial charge in [-0.2, -0.15) is 0 Å². The molecular weight excluding hydrogens is 843 g/mol. The van der Waals surface area contributed by atoms with Crippen molar-refractivity contribution in [3.8, 4) is 22.3 Å². The van der Waals surface area contributed by atoms with E-state index in [9.17, 15) is 0 Å². The van der Waals surface area contributed by atoms with E-state index in [2.05, 4.69) is 260 Å². The van der Waals surface area contributed by atoms with E-state index in [0.717, 1.165) is 19.3 Å². The third-order valence-electron chi connectivity index (χ3n) is 16.5. The molecule has 0 saturated carbocycles. The molecule has 0 amide bonds. The molecule has 0 radical (unpaired) electrons. The normalized spacial score (nSPS) is 22.6. The van der Waals surface area contributed by atoms with E-state index in [0.29, 0.717) is 11.8 Å². The molecule has 334 valence electrons. The third kappa shape index (κ3) is 6.31. The average Bonchev–Trinajstić information content (AvgIpc) is 3.93. The molecule has 0 N–H and O–H groups in total. The SMILES string of the molecule is C1=CCCC(N2C3C=CC(c4ccc5c(-c6ccccc6)c6ccccc6c(-c6ccccc6)c5c4)=CC3C3C=C(C4C=C5C(=CC4)c4ccccc4C5(c4ccccc4)c4ccccc4)C=CC32)=C1. The molecule has 1 aliphatic heterocycles. The van der Waals surface area contributed by atoms with Crippen LogP contribution in [0.5, 0.6) is 0 Å². The van der Waals surface area contributed by atoms with Gasteiger partial charge in [0, 0.05) is 23.5 Å². The summed E-state index contributed by atoms with van der Waals surface area (Å²) < 4.78 is 0. The Kier molecular flexibility index (Phi) is 9.73. The monoisotopic (exact) mass is 895 g/mol. The molecule has 6 aliphatic rings. The van der Waals surface area contributed by atoms with Crippen molar-refractivity contribution in [2.45, 2.75) is 36.8 Å². The first-order chi connectivity index (χ1) is 34.7. The zero-order chi connectivity index (χ0) is 46.2. The Morgan fingerprint density at radius 3 is 1.76 bits per heavy atom. The molecule has 0 aromatic heterocycles. The predicted octanol–water partition coefficient (Wildman–Crippen LogP) is 16.7. The van der Waals surface area contributed by atoms with Gasteiger partial charge in [0.05, 0.1) is 17.5 Å². The summed E-state index contributed by atoms with van der Waals surface area (Å²) in [5.74, 6) is 0.890. The number of hydrogen-bond acceptors (Lipinski definition) is 1. The van der Waals surface area contributed by atoms with E-state index >= 15 is 0 Å². The highest BCUT2D eigenvalue weighted by atomic mass is 15.2. The molecule has 1 saturated heterocycles. The van der Waals surface area contributed by atoms with Gasteiger partial charge in [-0.25, -0.2) is 0 Å². The molecule has 5 aliphatic carbocycles. The summed E-state index contributed by atoms with van der Waals surface area (Å²) in [6.45, 7) is 0. The molecular formula is C69H53N. The molecule has 8 aromatic rings. The van der Waals surface area contributed by atoms with Crippen molar-refractivity contribution < 1.29 is 0 Å². The predicted molar refractivity (Wildman–Crippen MR) is 293 cm³/mol. The van der Waals surface area contributed by atoms with Crippen molar-refractivity contribution in [1.29, 1.82) is 0 Å². The van der Waals surface area contributed by atoms with Crippen LogP contribution in [0, 0.1) is 17.8 Å². The molecule has 1 heterocycles. The quantitative estimate of drug-likeness (QED) is 0.144. The van der Waals surface area contributed by atoms with Gasteiger partial charge in [0.1, 0.15) is 0 Å². The second-order valence-electron chi connectivity index (χ2n) is 20.0. The Hall–Kier alpha value is -8.00. The lowest BCUT2D eigenvalue weighted by molar-refractivity contribution is 0.291. The largest absolute Gasteiger partial charge is 0.361 e. The standard InChI is InChI=1S/C69H53N/c1-6-20-46(21-7-1)67-57-31-16-17-32-58(57)68(47-22-8-2-9-23-47)62-44-48(35-39-59(62)67)49-36-40-65-60(42-49)61-43-50(37-41-66(61)70(65)54-28-14-5-15-29-54)51-34-38-56-55-30-18-19-33-63(55)69(64(56)45-51,52-24-10-3-11-25-52)53-26-12-4-13-27-53/h1-14,16-28,30-33,35-45,51,60-61,65-66H,15,29,34H2. The fraction of sp³-hybridized carbons (Fsp3) is 0.130. The Labute approximate surface area is 411 Å². The summed E-state index contributed by atoms with van der Waals surface area (Å²) in [5, 5.41) is 5.15. The Morgan fingerprint density at radius 2 is 1.09 bits per heavy atom. The smallest absolute Gasteiger partial charge is 0.0710 e. The number of nitrogens with zero attached hydrogens (tertiary/aromatic N) is 1. The maximum absolute atomic E-state index is 2.78. The van der Waals surface area contributed by atoms with Crippen LogP contribution in [0.15, 0.2) is 272 Å². The van der Waals surface area contributed by atoms with Crippen LogP contribution in [0.1, 0.15) is 47.1 Å². The molecule has 0 spiro atoms. The van der Waals surface area contributed by atoms with Crippen LogP contribution in [0.25, 0.3) is 54.9 Å². The van der Waals surface area contributed by atoms with Crippen molar-refractivity contribution in [3.05, 3.63) is 300 Å². The van der Waals surface area contributed by atoms with Crippen LogP contribution in [0.4, 0.5) is 0 Å². The Balaban J connectivity index is 0.903. The van der Waals surface area contributed by atoms with Crippen molar-refractivity contribution in [3.63, 3.8) is 0 Å². The van der Waals surface area contributed by atoms with E-state index < -0.39 is 5.41 Å². The molecule has 14 rings (SSSR count). The van der Waals surface area contributed by atoms with Gasteiger partial charge in [-0.1, -0.05) is 243 Å². The minimum Gasteiger partial charge on any atom is -0.361 e. The lowest BCUT2D eigenvalue weighted by Crippen LogP contribution is -2.36. The second-order valence-corrected chi connectivity index (χ2v) is 20.0. The lowest BCUT2D eigenvalue weighted by Gasteiger charge is -2.37. The summed E-state index contributed by atoms with van der Waals surface area (Å²) in [7, 11) is 0. The molecule has 5 unspecified atom stereocenters. The minimum absolute atomic E-state index is 0.259. The topological polar surface area (TPSA) is 3.24 Å². The van der Waals surface area contributed by atoms with E-state index in [4.69, 9.17) is 0 Å². The fourth-order valence-electron chi connectivity index (χ4n) is 13.5. The first-order valence-corrected chi connectivity index (χ1v) is 25.4. The van der Waals surface area contributed by atoms with Crippen molar-refractivity contribution in [2.75, 3.05) is 0 Å². The summed E-state index contributed by atoms with van der Waals surface area (Å²) in [6, 6.07) is 70.5. The Bertz CT molecular complexity index is 3590.